The molecule has 1 heterocycles. The molecule has 108 valence electrons. The summed E-state index contributed by atoms with van der Waals surface area (Å²) in [5.74, 6) is 1.72. The fraction of sp³-hybridized carbons (Fsp3) is 0.636. The zero-order valence-electron chi connectivity index (χ0n) is 11.7. The van der Waals surface area contributed by atoms with Gasteiger partial charge < -0.3 is 11.1 Å². The van der Waals surface area contributed by atoms with Crippen molar-refractivity contribution in [2.45, 2.75) is 19.8 Å². The molecule has 0 aliphatic carbocycles. The number of rotatable bonds is 6. The van der Waals surface area contributed by atoms with Crippen LogP contribution in [0.25, 0.3) is 0 Å². The van der Waals surface area contributed by atoms with Crippen LogP contribution in [-0.4, -0.2) is 49.1 Å². The first-order valence-electron chi connectivity index (χ1n) is 6.01. The first-order chi connectivity index (χ1) is 8.72. The van der Waals surface area contributed by atoms with Crippen molar-refractivity contribution in [1.82, 2.24) is 14.3 Å². The van der Waals surface area contributed by atoms with Gasteiger partial charge in [0.1, 0.15) is 17.5 Å². The Labute approximate surface area is 114 Å². The Balaban J connectivity index is 2.69. The van der Waals surface area contributed by atoms with Crippen molar-refractivity contribution in [3.63, 3.8) is 0 Å². The summed E-state index contributed by atoms with van der Waals surface area (Å²) < 4.78 is 24.4. The molecule has 0 saturated heterocycles. The highest BCUT2D eigenvalue weighted by molar-refractivity contribution is 7.89. The van der Waals surface area contributed by atoms with Crippen molar-refractivity contribution in [3.05, 3.63) is 11.9 Å². The van der Waals surface area contributed by atoms with Crippen molar-refractivity contribution < 1.29 is 8.42 Å². The van der Waals surface area contributed by atoms with Crippen LogP contribution in [0.15, 0.2) is 6.07 Å². The lowest BCUT2D eigenvalue weighted by molar-refractivity contribution is 0.521. The highest BCUT2D eigenvalue weighted by Gasteiger charge is 2.13. The Morgan fingerprint density at radius 2 is 2.00 bits per heavy atom. The minimum atomic E-state index is -3.21. The van der Waals surface area contributed by atoms with Crippen molar-refractivity contribution in [3.8, 4) is 0 Å². The molecule has 1 rings (SSSR count). The van der Waals surface area contributed by atoms with Gasteiger partial charge in [-0.15, -0.1) is 0 Å². The molecule has 0 spiro atoms. The SMILES string of the molecule is CC(C)c1nc(N)cc(NCCS(=O)(=O)N(C)C)n1. The zero-order valence-corrected chi connectivity index (χ0v) is 12.5. The lowest BCUT2D eigenvalue weighted by atomic mass is 10.2. The Bertz CT molecular complexity index is 528. The quantitative estimate of drug-likeness (QED) is 0.789. The van der Waals surface area contributed by atoms with Gasteiger partial charge in [-0.1, -0.05) is 13.8 Å². The first kappa shape index (κ1) is 15.6. The minimum Gasteiger partial charge on any atom is -0.384 e. The molecular formula is C11H21N5O2S. The fourth-order valence-corrected chi connectivity index (χ4v) is 2.05. The van der Waals surface area contributed by atoms with Gasteiger partial charge in [-0.2, -0.15) is 0 Å². The average molecular weight is 287 g/mol. The van der Waals surface area contributed by atoms with E-state index in [1.165, 1.54) is 18.4 Å². The monoisotopic (exact) mass is 287 g/mol. The molecule has 1 aromatic rings. The molecule has 19 heavy (non-hydrogen) atoms. The third kappa shape index (κ3) is 4.64. The first-order valence-corrected chi connectivity index (χ1v) is 7.62. The lowest BCUT2D eigenvalue weighted by Gasteiger charge is -2.13. The van der Waals surface area contributed by atoms with Gasteiger partial charge in [-0.3, -0.25) is 0 Å². The average Bonchev–Trinajstić information content (AvgIpc) is 2.27. The molecule has 0 fully saturated rings. The van der Waals surface area contributed by atoms with Crippen LogP contribution in [0.1, 0.15) is 25.6 Å². The van der Waals surface area contributed by atoms with Crippen LogP contribution in [0.5, 0.6) is 0 Å². The number of nitrogens with two attached hydrogens (primary N) is 1. The summed E-state index contributed by atoms with van der Waals surface area (Å²) in [4.78, 5) is 8.41. The number of nitrogens with one attached hydrogen (secondary N) is 1. The molecule has 0 atom stereocenters. The summed E-state index contributed by atoms with van der Waals surface area (Å²) in [6.07, 6.45) is 0. The molecule has 0 amide bonds. The smallest absolute Gasteiger partial charge is 0.215 e. The molecule has 3 N–H and O–H groups in total. The van der Waals surface area contributed by atoms with Crippen LogP contribution in [0.2, 0.25) is 0 Å². The molecule has 0 radical (unpaired) electrons. The van der Waals surface area contributed by atoms with E-state index in [9.17, 15) is 8.42 Å². The van der Waals surface area contributed by atoms with E-state index in [0.29, 0.717) is 17.5 Å². The van der Waals surface area contributed by atoms with Crippen molar-refractivity contribution >= 4 is 21.7 Å². The number of hydrogen-bond donors (Lipinski definition) is 2. The number of nitrogen functional groups attached to an aromatic ring is 1. The third-order valence-corrected chi connectivity index (χ3v) is 4.33. The molecule has 1 aromatic heterocycles. The van der Waals surface area contributed by atoms with Crippen LogP contribution >= 0.6 is 0 Å². The highest BCUT2D eigenvalue weighted by Crippen LogP contribution is 2.14. The number of sulfonamides is 1. The molecular weight excluding hydrogens is 266 g/mol. The number of aromatic nitrogens is 2. The molecule has 0 aliphatic rings. The van der Waals surface area contributed by atoms with Crippen LogP contribution in [0, 0.1) is 0 Å². The Hall–Kier alpha value is -1.41. The Morgan fingerprint density at radius 3 is 2.53 bits per heavy atom. The van der Waals surface area contributed by atoms with Crippen molar-refractivity contribution in [2.75, 3.05) is 37.4 Å². The molecule has 0 aromatic carbocycles. The van der Waals surface area contributed by atoms with Crippen LogP contribution in [-0.2, 0) is 10.0 Å². The highest BCUT2D eigenvalue weighted by atomic mass is 32.2. The van der Waals surface area contributed by atoms with Gasteiger partial charge in [0, 0.05) is 32.6 Å². The van der Waals surface area contributed by atoms with Gasteiger partial charge in [0.25, 0.3) is 0 Å². The maximum Gasteiger partial charge on any atom is 0.215 e. The number of hydrogen-bond acceptors (Lipinski definition) is 6. The third-order valence-electron chi connectivity index (χ3n) is 2.50. The van der Waals surface area contributed by atoms with Gasteiger partial charge in [-0.05, 0) is 0 Å². The van der Waals surface area contributed by atoms with E-state index in [-0.39, 0.29) is 18.2 Å². The van der Waals surface area contributed by atoms with E-state index in [1.807, 2.05) is 13.8 Å². The fourth-order valence-electron chi connectivity index (χ4n) is 1.32. The largest absolute Gasteiger partial charge is 0.384 e. The maximum absolute atomic E-state index is 11.6. The van der Waals surface area contributed by atoms with Gasteiger partial charge in [0.15, 0.2) is 0 Å². The number of nitrogens with zero attached hydrogens (tertiary/aromatic N) is 3. The van der Waals surface area contributed by atoms with Crippen LogP contribution in [0.3, 0.4) is 0 Å². The summed E-state index contributed by atoms with van der Waals surface area (Å²) in [6.45, 7) is 4.21. The predicted octanol–water partition coefficient (Wildman–Crippen LogP) is 0.486. The Morgan fingerprint density at radius 1 is 1.37 bits per heavy atom. The van der Waals surface area contributed by atoms with E-state index < -0.39 is 10.0 Å². The van der Waals surface area contributed by atoms with E-state index >= 15 is 0 Å². The summed E-state index contributed by atoms with van der Waals surface area (Å²) in [7, 11) is -0.191. The summed E-state index contributed by atoms with van der Waals surface area (Å²) >= 11 is 0. The second-order valence-electron chi connectivity index (χ2n) is 4.72. The predicted molar refractivity (Wildman–Crippen MR) is 76.5 cm³/mol. The van der Waals surface area contributed by atoms with Gasteiger partial charge in [0.2, 0.25) is 10.0 Å². The normalized spacial score (nSPS) is 12.1. The maximum atomic E-state index is 11.6. The summed E-state index contributed by atoms with van der Waals surface area (Å²) in [5.41, 5.74) is 5.69. The Kier molecular flexibility index (Phi) is 5.07. The van der Waals surface area contributed by atoms with Crippen molar-refractivity contribution in [2.24, 2.45) is 0 Å². The molecule has 0 saturated carbocycles. The second kappa shape index (κ2) is 6.16. The molecule has 7 nitrogen and oxygen atoms in total. The molecule has 8 heteroatoms. The van der Waals surface area contributed by atoms with Gasteiger partial charge in [-0.25, -0.2) is 22.7 Å². The summed E-state index contributed by atoms with van der Waals surface area (Å²) in [6, 6.07) is 1.59. The summed E-state index contributed by atoms with van der Waals surface area (Å²) in [5, 5.41) is 2.95. The van der Waals surface area contributed by atoms with E-state index in [1.54, 1.807) is 6.07 Å². The molecule has 0 unspecified atom stereocenters. The van der Waals surface area contributed by atoms with E-state index in [0.717, 1.165) is 0 Å². The number of anilines is 2. The van der Waals surface area contributed by atoms with Gasteiger partial charge >= 0.3 is 0 Å². The minimum absolute atomic E-state index is 0.000912. The lowest BCUT2D eigenvalue weighted by Crippen LogP contribution is -2.28. The molecule has 0 bridgehead atoms. The van der Waals surface area contributed by atoms with Crippen molar-refractivity contribution in [1.29, 1.82) is 0 Å². The standard InChI is InChI=1S/C11H21N5O2S/c1-8(2)11-14-9(12)7-10(15-11)13-5-6-19(17,18)16(3)4/h7-8H,5-6H2,1-4H3,(H3,12,13,14,15). The van der Waals surface area contributed by atoms with Gasteiger partial charge in [0.05, 0.1) is 5.75 Å². The van der Waals surface area contributed by atoms with Crippen LogP contribution in [0.4, 0.5) is 11.6 Å². The van der Waals surface area contributed by atoms with E-state index in [4.69, 9.17) is 5.73 Å². The zero-order chi connectivity index (χ0) is 14.6. The topological polar surface area (TPSA) is 101 Å². The van der Waals surface area contributed by atoms with E-state index in [2.05, 4.69) is 15.3 Å². The van der Waals surface area contributed by atoms with Crippen LogP contribution < -0.4 is 11.1 Å². The second-order valence-corrected chi connectivity index (χ2v) is 7.02. The molecule has 0 aliphatic heterocycles.